The summed E-state index contributed by atoms with van der Waals surface area (Å²) in [6, 6.07) is 0. The van der Waals surface area contributed by atoms with E-state index in [2.05, 4.69) is 6.58 Å². The molecule has 0 aromatic heterocycles. The van der Waals surface area contributed by atoms with Crippen LogP contribution in [0.2, 0.25) is 0 Å². The van der Waals surface area contributed by atoms with Crippen LogP contribution in [0.15, 0.2) is 12.7 Å². The summed E-state index contributed by atoms with van der Waals surface area (Å²) < 4.78 is 4.86. The van der Waals surface area contributed by atoms with E-state index >= 15 is 0 Å². The Balaban J connectivity index is 4.06. The molecule has 1 N–H and O–H groups in total. The first-order valence-electron chi connectivity index (χ1n) is 4.46. The Morgan fingerprint density at radius 3 is 2.69 bits per heavy atom. The SMILES string of the molecule is C=CC[C@H](C)[C@@H](CCOC)C(=O)O. The zero-order valence-electron chi connectivity index (χ0n) is 8.32. The van der Waals surface area contributed by atoms with Crippen LogP contribution in [0.25, 0.3) is 0 Å². The Bertz CT molecular complexity index is 166. The van der Waals surface area contributed by atoms with E-state index in [0.29, 0.717) is 13.0 Å². The third-order valence-electron chi connectivity index (χ3n) is 2.18. The van der Waals surface area contributed by atoms with Crippen LogP contribution >= 0.6 is 0 Å². The minimum Gasteiger partial charge on any atom is -0.481 e. The van der Waals surface area contributed by atoms with Crippen molar-refractivity contribution >= 4 is 5.97 Å². The lowest BCUT2D eigenvalue weighted by atomic mass is 9.89. The predicted molar refractivity (Wildman–Crippen MR) is 51.6 cm³/mol. The summed E-state index contributed by atoms with van der Waals surface area (Å²) in [7, 11) is 1.58. The first-order chi connectivity index (χ1) is 6.13. The van der Waals surface area contributed by atoms with Gasteiger partial charge >= 0.3 is 5.97 Å². The Morgan fingerprint density at radius 2 is 2.31 bits per heavy atom. The molecule has 0 aromatic carbocycles. The average Bonchev–Trinajstić information content (AvgIpc) is 2.05. The van der Waals surface area contributed by atoms with Gasteiger partial charge in [-0.1, -0.05) is 13.0 Å². The number of hydrogen-bond acceptors (Lipinski definition) is 2. The van der Waals surface area contributed by atoms with E-state index in [0.717, 1.165) is 6.42 Å². The van der Waals surface area contributed by atoms with Gasteiger partial charge in [-0.05, 0) is 18.8 Å². The summed E-state index contributed by atoms with van der Waals surface area (Å²) in [5.41, 5.74) is 0. The molecule has 0 rings (SSSR count). The van der Waals surface area contributed by atoms with Gasteiger partial charge in [0.1, 0.15) is 0 Å². The first kappa shape index (κ1) is 12.2. The minimum absolute atomic E-state index is 0.130. The Kier molecular flexibility index (Phi) is 6.24. The smallest absolute Gasteiger partial charge is 0.306 e. The standard InChI is InChI=1S/C10H18O3/c1-4-5-8(2)9(10(11)12)6-7-13-3/h4,8-9H,1,5-7H2,2-3H3,(H,11,12)/t8-,9+/m0/s1. The van der Waals surface area contributed by atoms with Crippen molar-refractivity contribution in [1.82, 2.24) is 0 Å². The van der Waals surface area contributed by atoms with Crippen molar-refractivity contribution in [2.45, 2.75) is 19.8 Å². The molecule has 0 aliphatic rings. The molecule has 0 saturated heterocycles. The van der Waals surface area contributed by atoms with Gasteiger partial charge in [-0.25, -0.2) is 0 Å². The highest BCUT2D eigenvalue weighted by molar-refractivity contribution is 5.70. The fraction of sp³-hybridized carbons (Fsp3) is 0.700. The zero-order valence-corrected chi connectivity index (χ0v) is 8.32. The van der Waals surface area contributed by atoms with Gasteiger partial charge < -0.3 is 9.84 Å². The predicted octanol–water partition coefficient (Wildman–Crippen LogP) is 1.94. The highest BCUT2D eigenvalue weighted by atomic mass is 16.5. The molecule has 0 radical (unpaired) electrons. The number of carboxylic acid groups (broad SMARTS) is 1. The molecule has 0 amide bonds. The Labute approximate surface area is 79.4 Å². The molecule has 0 heterocycles. The Morgan fingerprint density at radius 1 is 1.69 bits per heavy atom. The summed E-state index contributed by atoms with van der Waals surface area (Å²) in [5.74, 6) is -0.936. The highest BCUT2D eigenvalue weighted by Crippen LogP contribution is 2.19. The number of allylic oxidation sites excluding steroid dienone is 1. The van der Waals surface area contributed by atoms with Gasteiger partial charge in [-0.15, -0.1) is 6.58 Å². The molecule has 76 valence electrons. The van der Waals surface area contributed by atoms with Crippen LogP contribution < -0.4 is 0 Å². The molecule has 0 spiro atoms. The van der Waals surface area contributed by atoms with Crippen molar-refractivity contribution in [2.75, 3.05) is 13.7 Å². The van der Waals surface area contributed by atoms with E-state index in [4.69, 9.17) is 9.84 Å². The fourth-order valence-electron chi connectivity index (χ4n) is 1.32. The van der Waals surface area contributed by atoms with E-state index in [1.165, 1.54) is 0 Å². The first-order valence-corrected chi connectivity index (χ1v) is 4.46. The number of methoxy groups -OCH3 is 1. The molecule has 13 heavy (non-hydrogen) atoms. The van der Waals surface area contributed by atoms with Gasteiger partial charge in [0.05, 0.1) is 5.92 Å². The van der Waals surface area contributed by atoms with Crippen LogP contribution in [-0.4, -0.2) is 24.8 Å². The van der Waals surface area contributed by atoms with Crippen LogP contribution in [-0.2, 0) is 9.53 Å². The highest BCUT2D eigenvalue weighted by Gasteiger charge is 2.22. The summed E-state index contributed by atoms with van der Waals surface area (Å²) in [4.78, 5) is 10.8. The minimum atomic E-state index is -0.744. The molecular formula is C10H18O3. The molecule has 0 unspecified atom stereocenters. The monoisotopic (exact) mass is 186 g/mol. The van der Waals surface area contributed by atoms with Crippen molar-refractivity contribution in [3.63, 3.8) is 0 Å². The normalized spacial score (nSPS) is 14.9. The number of carbonyl (C=O) groups is 1. The third kappa shape index (κ3) is 4.68. The second-order valence-electron chi connectivity index (χ2n) is 3.23. The summed E-state index contributed by atoms with van der Waals surface area (Å²) >= 11 is 0. The van der Waals surface area contributed by atoms with Gasteiger partial charge in [0.2, 0.25) is 0 Å². The maximum Gasteiger partial charge on any atom is 0.306 e. The number of rotatable bonds is 7. The Hall–Kier alpha value is -0.830. The van der Waals surface area contributed by atoms with E-state index in [9.17, 15) is 4.79 Å². The van der Waals surface area contributed by atoms with E-state index in [-0.39, 0.29) is 11.8 Å². The van der Waals surface area contributed by atoms with Crippen molar-refractivity contribution in [3.8, 4) is 0 Å². The molecule has 3 heteroatoms. The van der Waals surface area contributed by atoms with Crippen molar-refractivity contribution in [1.29, 1.82) is 0 Å². The van der Waals surface area contributed by atoms with Crippen molar-refractivity contribution in [2.24, 2.45) is 11.8 Å². The molecule has 0 bridgehead atoms. The summed E-state index contributed by atoms with van der Waals surface area (Å²) in [6.07, 6.45) is 3.06. The fourth-order valence-corrected chi connectivity index (χ4v) is 1.32. The van der Waals surface area contributed by atoms with Gasteiger partial charge in [0.15, 0.2) is 0 Å². The number of carboxylic acids is 1. The number of ether oxygens (including phenoxy) is 1. The lowest BCUT2D eigenvalue weighted by Crippen LogP contribution is -2.22. The van der Waals surface area contributed by atoms with Gasteiger partial charge in [0, 0.05) is 13.7 Å². The third-order valence-corrected chi connectivity index (χ3v) is 2.18. The molecule has 0 saturated carbocycles. The summed E-state index contributed by atoms with van der Waals surface area (Å²) in [5, 5.41) is 8.91. The lowest BCUT2D eigenvalue weighted by Gasteiger charge is -2.17. The van der Waals surface area contributed by atoms with E-state index in [1.54, 1.807) is 13.2 Å². The molecule has 0 aromatic rings. The molecule has 0 aliphatic carbocycles. The molecule has 0 fully saturated rings. The van der Waals surface area contributed by atoms with Crippen LogP contribution in [0.4, 0.5) is 0 Å². The van der Waals surface area contributed by atoms with Crippen molar-refractivity contribution < 1.29 is 14.6 Å². The maximum atomic E-state index is 10.8. The van der Waals surface area contributed by atoms with Crippen molar-refractivity contribution in [3.05, 3.63) is 12.7 Å². The second kappa shape index (κ2) is 6.66. The number of hydrogen-bond donors (Lipinski definition) is 1. The lowest BCUT2D eigenvalue weighted by molar-refractivity contribution is -0.144. The van der Waals surface area contributed by atoms with Crippen LogP contribution in [0, 0.1) is 11.8 Å². The number of aliphatic carboxylic acids is 1. The van der Waals surface area contributed by atoms with Gasteiger partial charge in [-0.2, -0.15) is 0 Å². The quantitative estimate of drug-likeness (QED) is 0.618. The zero-order chi connectivity index (χ0) is 10.3. The second-order valence-corrected chi connectivity index (χ2v) is 3.23. The van der Waals surface area contributed by atoms with Gasteiger partial charge in [-0.3, -0.25) is 4.79 Å². The van der Waals surface area contributed by atoms with Crippen LogP contribution in [0.3, 0.4) is 0 Å². The topological polar surface area (TPSA) is 46.5 Å². The van der Waals surface area contributed by atoms with Gasteiger partial charge in [0.25, 0.3) is 0 Å². The van der Waals surface area contributed by atoms with Crippen LogP contribution in [0.5, 0.6) is 0 Å². The summed E-state index contributed by atoms with van der Waals surface area (Å²) in [6.45, 7) is 6.02. The molecule has 0 aliphatic heterocycles. The average molecular weight is 186 g/mol. The molecule has 3 nitrogen and oxygen atoms in total. The molecule has 2 atom stereocenters. The largest absolute Gasteiger partial charge is 0.481 e. The van der Waals surface area contributed by atoms with Crippen LogP contribution in [0.1, 0.15) is 19.8 Å². The van der Waals surface area contributed by atoms with E-state index < -0.39 is 5.97 Å². The van der Waals surface area contributed by atoms with E-state index in [1.807, 2.05) is 6.92 Å². The molecular weight excluding hydrogens is 168 g/mol. The maximum absolute atomic E-state index is 10.8.